The molecule has 11 heteroatoms. The van der Waals surface area contributed by atoms with E-state index in [1.54, 1.807) is 0 Å². The van der Waals surface area contributed by atoms with Gasteiger partial charge in [0.05, 0.1) is 32.0 Å². The highest BCUT2D eigenvalue weighted by Crippen LogP contribution is 2.36. The van der Waals surface area contributed by atoms with Gasteiger partial charge in [0.25, 0.3) is 0 Å². The summed E-state index contributed by atoms with van der Waals surface area (Å²) in [4.78, 5) is 12.2. The highest BCUT2D eigenvalue weighted by atomic mass is 19.4. The molecular weight excluding hydrogens is 441 g/mol. The molecule has 1 aromatic carbocycles. The number of benzene rings is 1. The van der Waals surface area contributed by atoms with E-state index in [2.05, 4.69) is 4.74 Å². The van der Waals surface area contributed by atoms with Gasteiger partial charge in [-0.15, -0.1) is 0 Å². The lowest BCUT2D eigenvalue weighted by atomic mass is 9.94. The van der Waals surface area contributed by atoms with E-state index in [9.17, 15) is 26.7 Å². The molecule has 32 heavy (non-hydrogen) atoms. The first-order valence-corrected chi connectivity index (χ1v) is 9.96. The van der Waals surface area contributed by atoms with Crippen LogP contribution in [0, 0.1) is 11.3 Å². The third kappa shape index (κ3) is 10.1. The average Bonchev–Trinajstić information content (AvgIpc) is 2.68. The Balaban J connectivity index is 2.67. The van der Waals surface area contributed by atoms with Gasteiger partial charge in [-0.25, -0.2) is 4.79 Å². The maximum Gasteiger partial charge on any atom is 0.455 e. The van der Waals surface area contributed by atoms with Crippen molar-refractivity contribution >= 4 is 11.7 Å². The van der Waals surface area contributed by atoms with Crippen molar-refractivity contribution in [1.29, 1.82) is 0 Å². The summed E-state index contributed by atoms with van der Waals surface area (Å²) in [6, 6.07) is 5.88. The summed E-state index contributed by atoms with van der Waals surface area (Å²) in [7, 11) is 0. The number of nitrogen functional groups attached to an aromatic ring is 1. The molecule has 0 fully saturated rings. The maximum atomic E-state index is 13.1. The lowest BCUT2D eigenvalue weighted by molar-refractivity contribution is -0.298. The lowest BCUT2D eigenvalue weighted by Crippen LogP contribution is -2.43. The summed E-state index contributed by atoms with van der Waals surface area (Å²) in [5.41, 5.74) is 5.03. The van der Waals surface area contributed by atoms with Gasteiger partial charge in [-0.05, 0) is 30.2 Å². The van der Waals surface area contributed by atoms with Gasteiger partial charge >= 0.3 is 18.1 Å². The summed E-state index contributed by atoms with van der Waals surface area (Å²) in [5.74, 6) is -5.38. The lowest BCUT2D eigenvalue weighted by Gasteiger charge is -2.30. The van der Waals surface area contributed by atoms with Crippen molar-refractivity contribution < 1.29 is 45.7 Å². The number of hydrogen-bond donors (Lipinski definition) is 1. The number of esters is 1. The van der Waals surface area contributed by atoms with E-state index in [0.29, 0.717) is 18.2 Å². The molecule has 0 spiro atoms. The van der Waals surface area contributed by atoms with Crippen LogP contribution in [-0.2, 0) is 18.9 Å². The summed E-state index contributed by atoms with van der Waals surface area (Å²) < 4.78 is 84.0. The van der Waals surface area contributed by atoms with Crippen LogP contribution in [0.4, 0.5) is 27.6 Å². The third-order valence-corrected chi connectivity index (χ3v) is 4.12. The smallest absolute Gasteiger partial charge is 0.455 e. The predicted octanol–water partition coefficient (Wildman–Crippen LogP) is 4.34. The van der Waals surface area contributed by atoms with Crippen molar-refractivity contribution in [2.24, 2.45) is 11.3 Å². The van der Waals surface area contributed by atoms with Crippen LogP contribution < -0.4 is 5.73 Å². The number of anilines is 1. The molecule has 184 valence electrons. The van der Waals surface area contributed by atoms with Gasteiger partial charge in [-0.1, -0.05) is 20.8 Å². The SMILES string of the molecule is CC(C)COCCOCC(C)(COCC(F)(F)C(F)(F)F)COC(=O)c1ccc(N)cc1. The molecule has 6 nitrogen and oxygen atoms in total. The van der Waals surface area contributed by atoms with E-state index < -0.39 is 36.7 Å². The highest BCUT2D eigenvalue weighted by molar-refractivity contribution is 5.89. The first-order chi connectivity index (χ1) is 14.8. The first-order valence-electron chi connectivity index (χ1n) is 9.96. The average molecular weight is 471 g/mol. The van der Waals surface area contributed by atoms with Gasteiger partial charge in [0, 0.05) is 17.7 Å². The number of carbonyl (C=O) groups is 1. The Labute approximate surface area is 184 Å². The summed E-state index contributed by atoms with van der Waals surface area (Å²) >= 11 is 0. The molecule has 0 aliphatic heterocycles. The van der Waals surface area contributed by atoms with E-state index in [1.165, 1.54) is 31.2 Å². The summed E-state index contributed by atoms with van der Waals surface area (Å²) in [6.45, 7) is 3.53. The van der Waals surface area contributed by atoms with Crippen LogP contribution in [-0.4, -0.2) is 64.3 Å². The van der Waals surface area contributed by atoms with E-state index in [1.807, 2.05) is 13.8 Å². The zero-order chi connectivity index (χ0) is 24.4. The second kappa shape index (κ2) is 12.3. The van der Waals surface area contributed by atoms with Crippen molar-refractivity contribution in [3.8, 4) is 0 Å². The van der Waals surface area contributed by atoms with Crippen LogP contribution in [0.2, 0.25) is 0 Å². The number of alkyl halides is 5. The molecule has 1 unspecified atom stereocenters. The molecule has 1 rings (SSSR count). The Kier molecular flexibility index (Phi) is 10.8. The monoisotopic (exact) mass is 471 g/mol. The molecule has 2 N–H and O–H groups in total. The van der Waals surface area contributed by atoms with Crippen LogP contribution in [0.15, 0.2) is 24.3 Å². The Hall–Kier alpha value is -1.98. The zero-order valence-corrected chi connectivity index (χ0v) is 18.3. The van der Waals surface area contributed by atoms with Gasteiger partial charge in [0.1, 0.15) is 13.2 Å². The summed E-state index contributed by atoms with van der Waals surface area (Å²) in [5, 5.41) is 0. The minimum Gasteiger partial charge on any atom is -0.461 e. The van der Waals surface area contributed by atoms with E-state index in [-0.39, 0.29) is 32.0 Å². The van der Waals surface area contributed by atoms with Crippen molar-refractivity contribution in [3.63, 3.8) is 0 Å². The van der Waals surface area contributed by atoms with E-state index >= 15 is 0 Å². The molecule has 0 bridgehead atoms. The van der Waals surface area contributed by atoms with Gasteiger partial charge < -0.3 is 24.7 Å². The van der Waals surface area contributed by atoms with Crippen LogP contribution in [0.5, 0.6) is 0 Å². The third-order valence-electron chi connectivity index (χ3n) is 4.12. The largest absolute Gasteiger partial charge is 0.461 e. The normalized spacial score (nSPS) is 14.4. The minimum atomic E-state index is -5.73. The minimum absolute atomic E-state index is 0.120. The first kappa shape index (κ1) is 28.1. The number of nitrogens with two attached hydrogens (primary N) is 1. The number of rotatable bonds is 14. The molecule has 1 atom stereocenters. The molecule has 1 aromatic rings. The molecule has 0 saturated carbocycles. The zero-order valence-electron chi connectivity index (χ0n) is 18.3. The van der Waals surface area contributed by atoms with Gasteiger partial charge in [-0.3, -0.25) is 0 Å². The Morgan fingerprint density at radius 2 is 1.47 bits per heavy atom. The standard InChI is InChI=1S/C21H30F5NO5/c1-15(2)10-29-8-9-30-11-19(3,12-31-14-20(22,23)21(24,25)26)13-32-18(28)16-4-6-17(27)7-5-16/h4-7,15H,8-14,27H2,1-3H3. The second-order valence-electron chi connectivity index (χ2n) is 8.23. The molecule has 0 aliphatic carbocycles. The van der Waals surface area contributed by atoms with Crippen LogP contribution >= 0.6 is 0 Å². The van der Waals surface area contributed by atoms with Gasteiger partial charge in [0.2, 0.25) is 0 Å². The fourth-order valence-electron chi connectivity index (χ4n) is 2.33. The van der Waals surface area contributed by atoms with Crippen molar-refractivity contribution in [1.82, 2.24) is 0 Å². The van der Waals surface area contributed by atoms with Crippen molar-refractivity contribution in [2.75, 3.05) is 52.0 Å². The van der Waals surface area contributed by atoms with Gasteiger partial charge in [0.15, 0.2) is 0 Å². The summed E-state index contributed by atoms with van der Waals surface area (Å²) in [6.07, 6.45) is -5.73. The van der Waals surface area contributed by atoms with E-state index in [4.69, 9.17) is 19.9 Å². The molecule has 0 radical (unpaired) electrons. The Morgan fingerprint density at radius 1 is 0.906 bits per heavy atom. The fourth-order valence-corrected chi connectivity index (χ4v) is 2.33. The van der Waals surface area contributed by atoms with Crippen LogP contribution in [0.25, 0.3) is 0 Å². The number of halogens is 5. The Bertz CT molecular complexity index is 697. The maximum absolute atomic E-state index is 13.1. The van der Waals surface area contributed by atoms with Crippen molar-refractivity contribution in [3.05, 3.63) is 29.8 Å². The molecular formula is C21H30F5NO5. The topological polar surface area (TPSA) is 80.0 Å². The molecule has 0 aromatic heterocycles. The molecule has 0 amide bonds. The quantitative estimate of drug-likeness (QED) is 0.188. The molecule has 0 heterocycles. The number of hydrogen-bond acceptors (Lipinski definition) is 6. The van der Waals surface area contributed by atoms with Crippen LogP contribution in [0.3, 0.4) is 0 Å². The number of ether oxygens (including phenoxy) is 4. The van der Waals surface area contributed by atoms with Crippen LogP contribution in [0.1, 0.15) is 31.1 Å². The molecule has 0 saturated heterocycles. The number of carbonyl (C=O) groups excluding carboxylic acids is 1. The second-order valence-corrected chi connectivity index (χ2v) is 8.23. The van der Waals surface area contributed by atoms with Gasteiger partial charge in [-0.2, -0.15) is 22.0 Å². The van der Waals surface area contributed by atoms with E-state index in [0.717, 1.165) is 0 Å². The van der Waals surface area contributed by atoms with Crippen molar-refractivity contribution in [2.45, 2.75) is 32.9 Å². The predicted molar refractivity (Wildman–Crippen MR) is 108 cm³/mol. The fraction of sp³-hybridized carbons (Fsp3) is 0.667. The molecule has 0 aliphatic rings. The Morgan fingerprint density at radius 3 is 2.03 bits per heavy atom. The highest BCUT2D eigenvalue weighted by Gasteiger charge is 2.57.